The fourth-order valence-electron chi connectivity index (χ4n) is 1.49. The van der Waals surface area contributed by atoms with Crippen molar-refractivity contribution >= 4 is 15.9 Å². The van der Waals surface area contributed by atoms with Crippen LogP contribution in [0.3, 0.4) is 0 Å². The van der Waals surface area contributed by atoms with Gasteiger partial charge in [0.2, 0.25) is 0 Å². The molecule has 0 fully saturated rings. The predicted molar refractivity (Wildman–Crippen MR) is 50.4 cm³/mol. The molecular weight excluding hydrogens is 202 g/mol. The molecule has 1 atom stereocenters. The smallest absolute Gasteiger partial charge is 0.104 e. The van der Waals surface area contributed by atoms with Gasteiger partial charge in [-0.2, -0.15) is 0 Å². The van der Waals surface area contributed by atoms with Crippen LogP contribution in [-0.2, 0) is 0 Å². The average Bonchev–Trinajstić information content (AvgIpc) is 2.37. The lowest BCUT2D eigenvalue weighted by atomic mass is 10.3. The molecule has 0 radical (unpaired) electrons. The lowest BCUT2D eigenvalue weighted by Crippen LogP contribution is -2.18. The molecule has 0 bridgehead atoms. The van der Waals surface area contributed by atoms with E-state index in [0.717, 1.165) is 0 Å². The zero-order valence-electron chi connectivity index (χ0n) is 6.63. The van der Waals surface area contributed by atoms with Gasteiger partial charge in [-0.05, 0) is 30.2 Å². The van der Waals surface area contributed by atoms with E-state index in [4.69, 9.17) is 0 Å². The summed E-state index contributed by atoms with van der Waals surface area (Å²) in [5.41, 5.74) is 4.04. The van der Waals surface area contributed by atoms with Gasteiger partial charge in [0, 0.05) is 12.7 Å². The normalized spacial score (nSPS) is 28.1. The summed E-state index contributed by atoms with van der Waals surface area (Å²) in [7, 11) is 2.10. The van der Waals surface area contributed by atoms with E-state index in [-0.39, 0.29) is 0 Å². The van der Waals surface area contributed by atoms with Crippen LogP contribution in [0.15, 0.2) is 35.1 Å². The minimum atomic E-state index is 0.382. The molecule has 2 aliphatic rings. The van der Waals surface area contributed by atoms with E-state index >= 15 is 0 Å². The first kappa shape index (κ1) is 7.17. The largest absolute Gasteiger partial charge is 0.358 e. The Kier molecular flexibility index (Phi) is 1.46. The summed E-state index contributed by atoms with van der Waals surface area (Å²) in [5.74, 6) is 0. The first-order valence-corrected chi connectivity index (χ1v) is 4.59. The Bertz CT molecular complexity index is 286. The van der Waals surface area contributed by atoms with Crippen LogP contribution in [0.4, 0.5) is 0 Å². The maximum atomic E-state index is 3.56. The number of alkyl halides is 1. The maximum absolute atomic E-state index is 3.56. The van der Waals surface area contributed by atoms with Gasteiger partial charge in [0.1, 0.15) is 4.95 Å². The van der Waals surface area contributed by atoms with E-state index in [2.05, 4.69) is 53.0 Å². The molecule has 1 unspecified atom stereocenters. The van der Waals surface area contributed by atoms with Crippen molar-refractivity contribution in [1.82, 2.24) is 4.90 Å². The quantitative estimate of drug-likeness (QED) is 0.440. The molecule has 0 saturated heterocycles. The number of allylic oxidation sites excluding steroid dienone is 3. The lowest BCUT2D eigenvalue weighted by Gasteiger charge is -2.17. The summed E-state index contributed by atoms with van der Waals surface area (Å²) < 4.78 is 0. The lowest BCUT2D eigenvalue weighted by molar-refractivity contribution is 0.476. The second-order valence-electron chi connectivity index (χ2n) is 3.02. The number of nitrogens with zero attached hydrogens (tertiary/aromatic N) is 1. The van der Waals surface area contributed by atoms with Gasteiger partial charge >= 0.3 is 0 Å². The topological polar surface area (TPSA) is 3.24 Å². The highest BCUT2D eigenvalue weighted by Gasteiger charge is 2.24. The standard InChI is InChI=1S/C9H10BrN/c1-6-3-7-5-9(10)11(2)8(7)4-6/h3-5,9H,1-2H3. The number of rotatable bonds is 0. The molecule has 0 aromatic carbocycles. The van der Waals surface area contributed by atoms with Crippen molar-refractivity contribution in [2.75, 3.05) is 7.05 Å². The molecule has 0 amide bonds. The molecule has 1 heterocycles. The monoisotopic (exact) mass is 211 g/mol. The van der Waals surface area contributed by atoms with Gasteiger partial charge in [-0.25, -0.2) is 0 Å². The Labute approximate surface area is 75.2 Å². The molecule has 0 aromatic rings. The average molecular weight is 212 g/mol. The molecule has 2 rings (SSSR count). The second kappa shape index (κ2) is 2.24. The van der Waals surface area contributed by atoms with Crippen molar-refractivity contribution in [2.45, 2.75) is 11.9 Å². The summed E-state index contributed by atoms with van der Waals surface area (Å²) in [6.45, 7) is 2.13. The van der Waals surface area contributed by atoms with Crippen LogP contribution < -0.4 is 0 Å². The summed E-state index contributed by atoms with van der Waals surface area (Å²) >= 11 is 3.56. The minimum absolute atomic E-state index is 0.382. The van der Waals surface area contributed by atoms with Gasteiger partial charge in [-0.1, -0.05) is 22.0 Å². The number of hydrogen-bond acceptors (Lipinski definition) is 1. The number of hydrogen-bond donors (Lipinski definition) is 0. The van der Waals surface area contributed by atoms with Crippen LogP contribution in [0, 0.1) is 0 Å². The van der Waals surface area contributed by atoms with E-state index in [1.54, 1.807) is 0 Å². The first-order valence-electron chi connectivity index (χ1n) is 3.67. The zero-order valence-corrected chi connectivity index (χ0v) is 8.22. The summed E-state index contributed by atoms with van der Waals surface area (Å²) in [5, 5.41) is 0. The highest BCUT2D eigenvalue weighted by Crippen LogP contribution is 2.34. The summed E-state index contributed by atoms with van der Waals surface area (Å²) in [4.78, 5) is 2.61. The highest BCUT2D eigenvalue weighted by molar-refractivity contribution is 9.09. The van der Waals surface area contributed by atoms with Gasteiger partial charge in [0.05, 0.1) is 0 Å². The molecule has 1 nitrogen and oxygen atoms in total. The summed E-state index contributed by atoms with van der Waals surface area (Å²) in [6, 6.07) is 0. The van der Waals surface area contributed by atoms with Gasteiger partial charge in [0.15, 0.2) is 0 Å². The molecule has 2 heteroatoms. The fraction of sp³-hybridized carbons (Fsp3) is 0.333. The molecule has 0 spiro atoms. The van der Waals surface area contributed by atoms with Crippen LogP contribution in [0.5, 0.6) is 0 Å². The minimum Gasteiger partial charge on any atom is -0.358 e. The molecule has 1 aliphatic heterocycles. The molecule has 0 saturated carbocycles. The Morgan fingerprint density at radius 2 is 2.18 bits per heavy atom. The SMILES string of the molecule is CC1=CC2=CC(Br)N(C)C2=C1. The Morgan fingerprint density at radius 3 is 2.82 bits per heavy atom. The Morgan fingerprint density at radius 1 is 1.45 bits per heavy atom. The van der Waals surface area contributed by atoms with Crippen LogP contribution in [-0.4, -0.2) is 16.9 Å². The van der Waals surface area contributed by atoms with Crippen molar-refractivity contribution < 1.29 is 0 Å². The van der Waals surface area contributed by atoms with E-state index in [1.807, 2.05) is 0 Å². The number of fused-ring (bicyclic) bond motifs is 1. The van der Waals surface area contributed by atoms with Crippen molar-refractivity contribution in [3.05, 3.63) is 35.1 Å². The number of halogens is 1. The third-order valence-electron chi connectivity index (χ3n) is 2.11. The molecule has 1 aliphatic carbocycles. The third-order valence-corrected chi connectivity index (χ3v) is 2.99. The molecular formula is C9H10BrN. The Hall–Kier alpha value is -0.500. The van der Waals surface area contributed by atoms with Gasteiger partial charge in [-0.15, -0.1) is 0 Å². The van der Waals surface area contributed by atoms with Crippen LogP contribution >= 0.6 is 15.9 Å². The zero-order chi connectivity index (χ0) is 8.01. The highest BCUT2D eigenvalue weighted by atomic mass is 79.9. The predicted octanol–water partition coefficient (Wildman–Crippen LogP) is 2.42. The van der Waals surface area contributed by atoms with Gasteiger partial charge < -0.3 is 4.90 Å². The van der Waals surface area contributed by atoms with Crippen molar-refractivity contribution in [3.63, 3.8) is 0 Å². The fourth-order valence-corrected chi connectivity index (χ4v) is 2.00. The van der Waals surface area contributed by atoms with E-state index in [9.17, 15) is 0 Å². The van der Waals surface area contributed by atoms with Crippen LogP contribution in [0.2, 0.25) is 0 Å². The van der Waals surface area contributed by atoms with E-state index in [0.29, 0.717) is 4.95 Å². The summed E-state index contributed by atoms with van der Waals surface area (Å²) in [6.07, 6.45) is 6.66. The van der Waals surface area contributed by atoms with Crippen molar-refractivity contribution in [2.24, 2.45) is 0 Å². The number of likely N-dealkylation sites (N-methyl/N-ethyl adjacent to an activating group) is 1. The van der Waals surface area contributed by atoms with Crippen LogP contribution in [0.1, 0.15) is 6.92 Å². The molecule has 0 N–H and O–H groups in total. The van der Waals surface area contributed by atoms with Crippen LogP contribution in [0.25, 0.3) is 0 Å². The first-order chi connectivity index (χ1) is 5.18. The third kappa shape index (κ3) is 0.968. The van der Waals surface area contributed by atoms with E-state index < -0.39 is 0 Å². The Balaban J connectivity index is 2.42. The molecule has 11 heavy (non-hydrogen) atoms. The maximum Gasteiger partial charge on any atom is 0.104 e. The van der Waals surface area contributed by atoms with Gasteiger partial charge in [-0.3, -0.25) is 0 Å². The van der Waals surface area contributed by atoms with E-state index in [1.165, 1.54) is 16.8 Å². The van der Waals surface area contributed by atoms with Gasteiger partial charge in [0.25, 0.3) is 0 Å². The van der Waals surface area contributed by atoms with Crippen molar-refractivity contribution in [1.29, 1.82) is 0 Å². The molecule has 0 aromatic heterocycles. The molecule has 58 valence electrons. The second-order valence-corrected chi connectivity index (χ2v) is 3.96. The van der Waals surface area contributed by atoms with Crippen molar-refractivity contribution in [3.8, 4) is 0 Å².